The Kier molecular flexibility index (Phi) is 4.62. The van der Waals surface area contributed by atoms with E-state index in [0.717, 1.165) is 44.2 Å². The molecule has 1 aromatic heterocycles. The molecule has 0 radical (unpaired) electrons. The molecule has 0 saturated heterocycles. The largest absolute Gasteiger partial charge is 0.471 e. The van der Waals surface area contributed by atoms with Gasteiger partial charge in [-0.2, -0.15) is 5.10 Å². The number of rotatable bonds is 3. The zero-order chi connectivity index (χ0) is 21.0. The van der Waals surface area contributed by atoms with Gasteiger partial charge in [-0.3, -0.25) is 0 Å². The summed E-state index contributed by atoms with van der Waals surface area (Å²) < 4.78 is 24.6. The highest BCUT2D eigenvalue weighted by atomic mass is 32.2. The monoisotopic (exact) mass is 429 g/mol. The summed E-state index contributed by atoms with van der Waals surface area (Å²) >= 11 is 0. The van der Waals surface area contributed by atoms with Crippen LogP contribution in [0.3, 0.4) is 0 Å². The predicted octanol–water partition coefficient (Wildman–Crippen LogP) is 3.21. The molecule has 9 heteroatoms. The highest BCUT2D eigenvalue weighted by Crippen LogP contribution is 2.39. The van der Waals surface area contributed by atoms with Crippen molar-refractivity contribution in [3.63, 3.8) is 0 Å². The fraction of sp³-hybridized carbons (Fsp3) is 0.524. The number of benzene rings is 1. The zero-order valence-electron chi connectivity index (χ0n) is 17.3. The SMILES string of the molecule is CC(C)[C@@H]1Cn2ncc([S@@](N)(=O)=NC(=O)Nc3c4c(cc5c3CCC5)CCC4)c2O1. The Morgan fingerprint density at radius 1 is 1.27 bits per heavy atom. The third-order valence-electron chi connectivity index (χ3n) is 6.36. The number of nitrogens with zero attached hydrogens (tertiary/aromatic N) is 3. The van der Waals surface area contributed by atoms with Crippen molar-refractivity contribution >= 4 is 21.6 Å². The average molecular weight is 430 g/mol. The number of urea groups is 1. The predicted molar refractivity (Wildman–Crippen MR) is 114 cm³/mol. The lowest BCUT2D eigenvalue weighted by Crippen LogP contribution is -2.22. The molecule has 3 N–H and O–H groups in total. The zero-order valence-corrected chi connectivity index (χ0v) is 18.1. The Morgan fingerprint density at radius 2 is 1.93 bits per heavy atom. The summed E-state index contributed by atoms with van der Waals surface area (Å²) in [4.78, 5) is 13.0. The normalized spacial score (nSPS) is 21.0. The van der Waals surface area contributed by atoms with E-state index in [-0.39, 0.29) is 16.9 Å². The van der Waals surface area contributed by atoms with Crippen molar-refractivity contribution in [2.24, 2.45) is 15.4 Å². The van der Waals surface area contributed by atoms with Crippen molar-refractivity contribution in [2.75, 3.05) is 5.32 Å². The summed E-state index contributed by atoms with van der Waals surface area (Å²) in [6.07, 6.45) is 7.45. The van der Waals surface area contributed by atoms with Crippen LogP contribution in [0.4, 0.5) is 10.5 Å². The molecule has 8 nitrogen and oxygen atoms in total. The summed E-state index contributed by atoms with van der Waals surface area (Å²) in [5, 5.41) is 13.2. The Labute approximate surface area is 176 Å². The molecule has 2 aromatic rings. The van der Waals surface area contributed by atoms with Gasteiger partial charge in [0.25, 0.3) is 0 Å². The Hall–Kier alpha value is -2.39. The third-order valence-corrected chi connectivity index (χ3v) is 7.70. The number of ether oxygens (including phenoxy) is 1. The molecule has 0 bridgehead atoms. The van der Waals surface area contributed by atoms with E-state index in [1.165, 1.54) is 28.5 Å². The second-order valence-corrected chi connectivity index (χ2v) is 10.5. The first-order valence-electron chi connectivity index (χ1n) is 10.6. The number of amides is 2. The molecular formula is C21H27N5O3S. The van der Waals surface area contributed by atoms with E-state index in [1.54, 1.807) is 4.68 Å². The Balaban J connectivity index is 1.45. The molecular weight excluding hydrogens is 402 g/mol. The maximum Gasteiger partial charge on any atom is 0.354 e. The average Bonchev–Trinajstić information content (AvgIpc) is 3.43. The minimum Gasteiger partial charge on any atom is -0.471 e. The number of fused-ring (bicyclic) bond motifs is 3. The Morgan fingerprint density at radius 3 is 2.57 bits per heavy atom. The van der Waals surface area contributed by atoms with Crippen LogP contribution in [0.2, 0.25) is 0 Å². The van der Waals surface area contributed by atoms with Gasteiger partial charge in [0, 0.05) is 5.69 Å². The van der Waals surface area contributed by atoms with Crippen LogP contribution in [-0.2, 0) is 42.1 Å². The first-order chi connectivity index (χ1) is 14.3. The van der Waals surface area contributed by atoms with E-state index in [2.05, 4.69) is 20.8 Å². The molecule has 2 aliphatic carbocycles. The maximum atomic E-state index is 13.2. The van der Waals surface area contributed by atoms with Crippen LogP contribution in [0.25, 0.3) is 0 Å². The highest BCUT2D eigenvalue weighted by molar-refractivity contribution is 7.91. The van der Waals surface area contributed by atoms with Gasteiger partial charge in [-0.15, -0.1) is 4.36 Å². The minimum atomic E-state index is -3.48. The fourth-order valence-corrected chi connectivity index (χ4v) is 5.77. The van der Waals surface area contributed by atoms with E-state index in [0.29, 0.717) is 12.4 Å². The summed E-state index contributed by atoms with van der Waals surface area (Å²) in [6, 6.07) is 1.61. The number of nitrogens with one attached hydrogen (secondary N) is 1. The van der Waals surface area contributed by atoms with Crippen LogP contribution in [0.15, 0.2) is 21.5 Å². The molecule has 0 saturated carbocycles. The molecule has 5 rings (SSSR count). The lowest BCUT2D eigenvalue weighted by Gasteiger charge is -2.15. The van der Waals surface area contributed by atoms with Gasteiger partial charge in [0.2, 0.25) is 5.88 Å². The maximum absolute atomic E-state index is 13.2. The number of hydrogen-bond donors (Lipinski definition) is 2. The molecule has 0 fully saturated rings. The van der Waals surface area contributed by atoms with E-state index >= 15 is 0 Å². The van der Waals surface area contributed by atoms with Crippen molar-refractivity contribution in [1.29, 1.82) is 0 Å². The van der Waals surface area contributed by atoms with Gasteiger partial charge in [-0.1, -0.05) is 19.9 Å². The van der Waals surface area contributed by atoms with E-state index in [1.807, 2.05) is 13.8 Å². The van der Waals surface area contributed by atoms with Crippen LogP contribution in [0, 0.1) is 5.92 Å². The van der Waals surface area contributed by atoms with Crippen molar-refractivity contribution in [3.05, 3.63) is 34.5 Å². The number of aryl methyl sites for hydroxylation is 2. The second-order valence-electron chi connectivity index (χ2n) is 8.72. The fourth-order valence-electron chi connectivity index (χ4n) is 4.77. The lowest BCUT2D eigenvalue weighted by atomic mass is 9.99. The molecule has 2 atom stereocenters. The van der Waals surface area contributed by atoms with Crippen LogP contribution < -0.4 is 15.2 Å². The lowest BCUT2D eigenvalue weighted by molar-refractivity contribution is 0.173. The van der Waals surface area contributed by atoms with Crippen LogP contribution in [0.5, 0.6) is 5.88 Å². The van der Waals surface area contributed by atoms with Gasteiger partial charge in [0.15, 0.2) is 9.92 Å². The number of carbonyl (C=O) groups is 1. The molecule has 1 aromatic carbocycles. The van der Waals surface area contributed by atoms with Gasteiger partial charge in [-0.25, -0.2) is 18.8 Å². The van der Waals surface area contributed by atoms with Crippen molar-refractivity contribution in [1.82, 2.24) is 9.78 Å². The topological polar surface area (TPSA) is 112 Å². The van der Waals surface area contributed by atoms with E-state index < -0.39 is 15.9 Å². The quantitative estimate of drug-likeness (QED) is 0.780. The molecule has 1 aliphatic heterocycles. The van der Waals surface area contributed by atoms with Crippen LogP contribution in [-0.4, -0.2) is 26.1 Å². The molecule has 0 unspecified atom stereocenters. The van der Waals surface area contributed by atoms with Crippen molar-refractivity contribution in [3.8, 4) is 5.88 Å². The van der Waals surface area contributed by atoms with Gasteiger partial charge < -0.3 is 10.1 Å². The number of aromatic nitrogens is 2. The molecule has 160 valence electrons. The summed E-state index contributed by atoms with van der Waals surface area (Å²) in [5.74, 6) is 0.620. The van der Waals surface area contributed by atoms with Gasteiger partial charge in [0.1, 0.15) is 11.0 Å². The van der Waals surface area contributed by atoms with Crippen LogP contribution >= 0.6 is 0 Å². The van der Waals surface area contributed by atoms with Gasteiger partial charge in [0.05, 0.1) is 12.7 Å². The van der Waals surface area contributed by atoms with E-state index in [4.69, 9.17) is 9.88 Å². The minimum absolute atomic E-state index is 0.0639. The number of nitrogens with two attached hydrogens (primary N) is 1. The number of hydrogen-bond acceptors (Lipinski definition) is 4. The molecule has 30 heavy (non-hydrogen) atoms. The second kappa shape index (κ2) is 7.09. The first kappa shape index (κ1) is 19.6. The van der Waals surface area contributed by atoms with Gasteiger partial charge >= 0.3 is 6.03 Å². The molecule has 2 heterocycles. The van der Waals surface area contributed by atoms with Gasteiger partial charge in [-0.05, 0) is 66.7 Å². The first-order valence-corrected chi connectivity index (χ1v) is 12.2. The van der Waals surface area contributed by atoms with Crippen molar-refractivity contribution in [2.45, 2.75) is 69.9 Å². The molecule has 2 amide bonds. The summed E-state index contributed by atoms with van der Waals surface area (Å²) in [5.41, 5.74) is 5.86. The Bertz CT molecular complexity index is 1130. The molecule has 3 aliphatic rings. The number of anilines is 1. The van der Waals surface area contributed by atoms with Crippen molar-refractivity contribution < 1.29 is 13.7 Å². The number of carbonyl (C=O) groups excluding carboxylic acids is 1. The smallest absolute Gasteiger partial charge is 0.354 e. The molecule has 0 spiro atoms. The summed E-state index contributed by atoms with van der Waals surface area (Å²) in [7, 11) is -3.48. The van der Waals surface area contributed by atoms with Crippen LogP contribution in [0.1, 0.15) is 48.9 Å². The summed E-state index contributed by atoms with van der Waals surface area (Å²) in [6.45, 7) is 4.66. The van der Waals surface area contributed by atoms with E-state index in [9.17, 15) is 9.00 Å². The highest BCUT2D eigenvalue weighted by Gasteiger charge is 2.32. The third kappa shape index (κ3) is 3.20. The standard InChI is InChI=1S/C21H27N5O3S/c1-12(2)17-11-26-20(29-17)18(10-23-26)30(22,28)25-21(27)24-19-15-7-3-5-13(15)9-14-6-4-8-16(14)19/h9-10,12,17H,3-8,11H2,1-2H3,(H3,22,24,25,27,28)/t17-,30-/m0/s1.